The molecular weight excluding hydrogens is 482 g/mol. The second-order valence-electron chi connectivity index (χ2n) is 10.3. The molecule has 200 valence electrons. The summed E-state index contributed by atoms with van der Waals surface area (Å²) >= 11 is 0. The van der Waals surface area contributed by atoms with Crippen LogP contribution < -0.4 is 0 Å². The lowest BCUT2D eigenvalue weighted by Gasteiger charge is -2.39. The highest BCUT2D eigenvalue weighted by Gasteiger charge is 2.67. The molecule has 0 bridgehead atoms. The molecule has 0 unspecified atom stereocenters. The minimum absolute atomic E-state index is 0.0191. The van der Waals surface area contributed by atoms with E-state index < -0.39 is 77.2 Å². The predicted octanol–water partition coefficient (Wildman–Crippen LogP) is 1.62. The normalized spacial score (nSPS) is 31.9. The van der Waals surface area contributed by atoms with Crippen molar-refractivity contribution in [1.82, 2.24) is 4.90 Å². The average Bonchev–Trinajstić information content (AvgIpc) is 3.21. The molecule has 0 saturated carbocycles. The first-order valence-electron chi connectivity index (χ1n) is 12.6. The summed E-state index contributed by atoms with van der Waals surface area (Å²) in [5, 5.41) is 0. The summed E-state index contributed by atoms with van der Waals surface area (Å²) < 4.78 is 14.8. The number of allylic oxidation sites excluding steroid dienone is 2. The third-order valence-corrected chi connectivity index (χ3v) is 9.13. The smallest absolute Gasteiger partial charge is 0.333 e. The van der Waals surface area contributed by atoms with E-state index in [0.717, 1.165) is 4.90 Å². The molecule has 0 aromatic rings. The van der Waals surface area contributed by atoms with Crippen LogP contribution in [-0.2, 0) is 43.0 Å². The molecule has 0 radical (unpaired) electrons. The molecule has 2 amide bonds. The number of nitrogens with zero attached hydrogens (tertiary/aromatic N) is 1. The Kier molecular flexibility index (Phi) is 6.90. The van der Waals surface area contributed by atoms with Gasteiger partial charge < -0.3 is 14.2 Å². The molecule has 0 spiro atoms. The molecule has 0 aromatic heterocycles. The van der Waals surface area contributed by atoms with E-state index in [1.54, 1.807) is 6.92 Å². The van der Waals surface area contributed by atoms with E-state index >= 15 is 0 Å². The van der Waals surface area contributed by atoms with Gasteiger partial charge in [0.25, 0.3) is 0 Å². The highest BCUT2D eigenvalue weighted by Crippen LogP contribution is 2.64. The Morgan fingerprint density at radius 2 is 1.59 bits per heavy atom. The zero-order valence-corrected chi connectivity index (χ0v) is 22.0. The van der Waals surface area contributed by atoms with Gasteiger partial charge in [-0.2, -0.15) is 0 Å². The number of fused-ring (bicyclic) bond motifs is 2. The van der Waals surface area contributed by atoms with E-state index in [1.807, 2.05) is 13.8 Å². The second-order valence-corrected chi connectivity index (χ2v) is 10.3. The van der Waals surface area contributed by atoms with Crippen LogP contribution in [-0.4, -0.2) is 68.3 Å². The summed E-state index contributed by atoms with van der Waals surface area (Å²) in [6.45, 7) is 5.00. The van der Waals surface area contributed by atoms with Gasteiger partial charge in [0, 0.05) is 16.9 Å². The number of rotatable bonds is 6. The van der Waals surface area contributed by atoms with Crippen LogP contribution in [0.5, 0.6) is 0 Å². The molecule has 4 aliphatic rings. The maximum Gasteiger partial charge on any atom is 0.333 e. The van der Waals surface area contributed by atoms with Gasteiger partial charge in [0.05, 0.1) is 39.1 Å². The number of ketones is 1. The number of imide groups is 1. The van der Waals surface area contributed by atoms with Crippen molar-refractivity contribution < 1.29 is 43.0 Å². The predicted molar refractivity (Wildman–Crippen MR) is 127 cm³/mol. The number of ether oxygens (including phenoxy) is 3. The number of carbonyl (C=O) groups is 6. The van der Waals surface area contributed by atoms with Crippen molar-refractivity contribution in [2.75, 3.05) is 27.9 Å². The molecule has 1 heterocycles. The van der Waals surface area contributed by atoms with Gasteiger partial charge in [0.2, 0.25) is 11.8 Å². The molecule has 3 aliphatic carbocycles. The minimum Gasteiger partial charge on any atom is -0.469 e. The van der Waals surface area contributed by atoms with Crippen molar-refractivity contribution in [3.63, 3.8) is 0 Å². The Bertz CT molecular complexity index is 1140. The summed E-state index contributed by atoms with van der Waals surface area (Å²) in [7, 11) is 3.65. The molecule has 6 atom stereocenters. The summed E-state index contributed by atoms with van der Waals surface area (Å²) in [5.41, 5.74) is 0.371. The van der Waals surface area contributed by atoms with Crippen molar-refractivity contribution in [2.24, 2.45) is 40.9 Å². The SMILES string of the molecule is CCC1(CC)C(=O)C2=C3[C@@H](CC(C(=O)OC)=C[C@@H](C(=O)OC)[C@H]31)[C@H]1C(=O)N(CC(=O)OC)C(=O)[C@H]1[C@H]2C. The van der Waals surface area contributed by atoms with Crippen LogP contribution in [0.3, 0.4) is 0 Å². The minimum atomic E-state index is -0.950. The van der Waals surface area contributed by atoms with Crippen molar-refractivity contribution in [2.45, 2.75) is 40.0 Å². The van der Waals surface area contributed by atoms with Gasteiger partial charge in [0.15, 0.2) is 5.78 Å². The Morgan fingerprint density at radius 1 is 0.973 bits per heavy atom. The average molecular weight is 516 g/mol. The van der Waals surface area contributed by atoms with Crippen LogP contribution in [0, 0.1) is 40.9 Å². The zero-order valence-electron chi connectivity index (χ0n) is 22.0. The van der Waals surface area contributed by atoms with Crippen molar-refractivity contribution >= 4 is 35.5 Å². The molecule has 0 N–H and O–H groups in total. The van der Waals surface area contributed by atoms with E-state index in [0.29, 0.717) is 24.0 Å². The van der Waals surface area contributed by atoms with E-state index in [4.69, 9.17) is 9.47 Å². The third kappa shape index (κ3) is 3.59. The lowest BCUT2D eigenvalue weighted by molar-refractivity contribution is -0.151. The van der Waals surface area contributed by atoms with Crippen molar-refractivity contribution in [1.29, 1.82) is 0 Å². The molecule has 10 nitrogen and oxygen atoms in total. The summed E-state index contributed by atoms with van der Waals surface area (Å²) in [5.74, 6) is -7.81. The van der Waals surface area contributed by atoms with Gasteiger partial charge in [-0.15, -0.1) is 0 Å². The highest BCUT2D eigenvalue weighted by atomic mass is 16.5. The number of carbonyl (C=O) groups excluding carboxylic acids is 6. The first-order chi connectivity index (χ1) is 17.5. The molecule has 37 heavy (non-hydrogen) atoms. The Morgan fingerprint density at radius 3 is 2.14 bits per heavy atom. The number of hydrogen-bond donors (Lipinski definition) is 0. The summed E-state index contributed by atoms with van der Waals surface area (Å²) in [4.78, 5) is 80.3. The standard InChI is InChI=1S/C27H33NO9/c1-7-27(8-2)21-15(26(34)37-6)10-13(25(33)36-5)9-14-19(21)17(22(27)30)12(3)18-20(14)24(32)28(23(18)31)11-16(29)35-4/h10,12,14-15,18,20-21H,7-9,11H2,1-6H3/t12-,14+,15+,18-,20+,21+/m0/s1. The number of Topliss-reactive ketones (excluding diaryl/α,β-unsaturated/α-hetero) is 1. The molecule has 1 fully saturated rings. The Balaban J connectivity index is 1.97. The first kappa shape index (κ1) is 26.8. The van der Waals surface area contributed by atoms with Crippen LogP contribution in [0.25, 0.3) is 0 Å². The second kappa shape index (κ2) is 9.54. The van der Waals surface area contributed by atoms with Crippen LogP contribution >= 0.6 is 0 Å². The number of hydrogen-bond acceptors (Lipinski definition) is 9. The number of amides is 2. The fraction of sp³-hybridized carbons (Fsp3) is 0.630. The van der Waals surface area contributed by atoms with Gasteiger partial charge in [0.1, 0.15) is 6.54 Å². The van der Waals surface area contributed by atoms with Crippen LogP contribution in [0.4, 0.5) is 0 Å². The molecule has 0 aromatic carbocycles. The summed E-state index contributed by atoms with van der Waals surface area (Å²) in [6.07, 6.45) is 2.41. The highest BCUT2D eigenvalue weighted by molar-refractivity contribution is 6.12. The fourth-order valence-electron chi connectivity index (χ4n) is 7.38. The van der Waals surface area contributed by atoms with E-state index in [-0.39, 0.29) is 17.8 Å². The zero-order chi connectivity index (χ0) is 27.4. The van der Waals surface area contributed by atoms with Gasteiger partial charge in [-0.1, -0.05) is 32.4 Å². The van der Waals surface area contributed by atoms with E-state index in [1.165, 1.54) is 27.4 Å². The van der Waals surface area contributed by atoms with E-state index in [2.05, 4.69) is 4.74 Å². The van der Waals surface area contributed by atoms with Crippen LogP contribution in [0.1, 0.15) is 40.0 Å². The fourth-order valence-corrected chi connectivity index (χ4v) is 7.38. The number of likely N-dealkylation sites (tertiary alicyclic amines) is 1. The van der Waals surface area contributed by atoms with Gasteiger partial charge in [-0.05, 0) is 36.7 Å². The molecular formula is C27H33NO9. The third-order valence-electron chi connectivity index (χ3n) is 9.13. The monoisotopic (exact) mass is 515 g/mol. The molecule has 1 saturated heterocycles. The van der Waals surface area contributed by atoms with Gasteiger partial charge in [-0.3, -0.25) is 28.9 Å². The van der Waals surface area contributed by atoms with Crippen molar-refractivity contribution in [3.8, 4) is 0 Å². The Labute approximate surface area is 215 Å². The van der Waals surface area contributed by atoms with Crippen molar-refractivity contribution in [3.05, 3.63) is 22.8 Å². The molecule has 10 heteroatoms. The lowest BCUT2D eigenvalue weighted by Crippen LogP contribution is -2.41. The number of methoxy groups -OCH3 is 3. The Hall–Kier alpha value is -3.30. The van der Waals surface area contributed by atoms with Crippen LogP contribution in [0.2, 0.25) is 0 Å². The van der Waals surface area contributed by atoms with Crippen LogP contribution in [0.15, 0.2) is 22.8 Å². The number of esters is 3. The lowest BCUT2D eigenvalue weighted by atomic mass is 9.61. The first-order valence-corrected chi connectivity index (χ1v) is 12.6. The summed E-state index contributed by atoms with van der Waals surface area (Å²) in [6, 6.07) is 0. The topological polar surface area (TPSA) is 133 Å². The van der Waals surface area contributed by atoms with E-state index in [9.17, 15) is 28.8 Å². The molecule has 1 aliphatic heterocycles. The quantitative estimate of drug-likeness (QED) is 0.294. The maximum absolute atomic E-state index is 14.2. The largest absolute Gasteiger partial charge is 0.469 e. The molecule has 4 rings (SSSR count). The van der Waals surface area contributed by atoms with Gasteiger partial charge >= 0.3 is 17.9 Å². The maximum atomic E-state index is 14.2. The van der Waals surface area contributed by atoms with Gasteiger partial charge in [-0.25, -0.2) is 4.79 Å².